The molecule has 0 amide bonds. The quantitative estimate of drug-likeness (QED) is 0.0496. The van der Waals surface area contributed by atoms with Gasteiger partial charge in [-0.3, -0.25) is 14.4 Å². The molecule has 6 atom stereocenters. The molecule has 316 valence electrons. The molecule has 7 rings (SSSR count). The Hall–Kier alpha value is -3.93. The van der Waals surface area contributed by atoms with E-state index in [9.17, 15) is 29.7 Å². The van der Waals surface area contributed by atoms with Crippen molar-refractivity contribution in [3.8, 4) is 23.8 Å². The number of aromatic hydroxyl groups is 2. The van der Waals surface area contributed by atoms with Crippen LogP contribution in [0.5, 0.6) is 11.5 Å². The van der Waals surface area contributed by atoms with Crippen LogP contribution < -0.4 is 21.3 Å². The third-order valence-electron chi connectivity index (χ3n) is 13.0. The zero-order valence-electron chi connectivity index (χ0n) is 33.1. The van der Waals surface area contributed by atoms with Crippen LogP contribution in [0.1, 0.15) is 90.1 Å². The van der Waals surface area contributed by atoms with Crippen molar-refractivity contribution in [2.75, 3.05) is 63.1 Å². The number of carbonyl (C=O) groups excluding carboxylic acids is 3. The number of halogens is 2. The molecule has 12 nitrogen and oxygen atoms in total. The Kier molecular flexibility index (Phi) is 16.0. The molecule has 0 radical (unpaired) electrons. The second-order valence-corrected chi connectivity index (χ2v) is 15.8. The molecule has 5 aliphatic carbocycles. The van der Waals surface area contributed by atoms with E-state index in [0.29, 0.717) is 86.5 Å². The summed E-state index contributed by atoms with van der Waals surface area (Å²) in [6.45, 7) is 9.46. The van der Waals surface area contributed by atoms with Gasteiger partial charge in [-0.2, -0.15) is 0 Å². The molecule has 0 aromatic heterocycles. The highest BCUT2D eigenvalue weighted by atomic mass is 35.5. The van der Waals surface area contributed by atoms with Crippen molar-refractivity contribution in [1.29, 1.82) is 0 Å². The average molecular weight is 842 g/mol. The summed E-state index contributed by atoms with van der Waals surface area (Å²) in [4.78, 5) is 38.5. The first-order valence-electron chi connectivity index (χ1n) is 20.0. The molecule has 5 aliphatic rings. The van der Waals surface area contributed by atoms with Gasteiger partial charge in [-0.05, 0) is 99.0 Å². The highest BCUT2D eigenvalue weighted by Gasteiger charge is 2.64. The minimum absolute atomic E-state index is 0. The van der Waals surface area contributed by atoms with Crippen LogP contribution >= 0.6 is 24.8 Å². The number of fused-ring (bicyclic) bond motifs is 7. The molecular formula is C44H58Cl2N4O8. The molecular weight excluding hydrogens is 783 g/mol. The number of phenolic OH excluding ortho intramolecular Hbond substituents is 2. The van der Waals surface area contributed by atoms with E-state index in [1.807, 2.05) is 6.08 Å². The predicted molar refractivity (Wildman–Crippen MR) is 229 cm³/mol. The number of aliphatic hydroxyl groups is 3. The zero-order chi connectivity index (χ0) is 40.2. The average Bonchev–Trinajstić information content (AvgIpc) is 3.49. The van der Waals surface area contributed by atoms with Crippen LogP contribution in [0.15, 0.2) is 48.1 Å². The van der Waals surface area contributed by atoms with Crippen LogP contribution in [0.2, 0.25) is 0 Å². The van der Waals surface area contributed by atoms with Crippen molar-refractivity contribution < 1.29 is 39.9 Å². The number of allylic oxidation sites excluding steroid dienone is 2. The van der Waals surface area contributed by atoms with Gasteiger partial charge in [-0.15, -0.1) is 31.2 Å². The Balaban J connectivity index is 0.000000256. The third-order valence-corrected chi connectivity index (χ3v) is 13.0. The lowest BCUT2D eigenvalue weighted by atomic mass is 9.48. The van der Waals surface area contributed by atoms with E-state index in [2.05, 4.69) is 40.7 Å². The fourth-order valence-electron chi connectivity index (χ4n) is 10.5. The van der Waals surface area contributed by atoms with Gasteiger partial charge in [0.1, 0.15) is 17.1 Å². The van der Waals surface area contributed by atoms with Gasteiger partial charge in [-0.25, -0.2) is 0 Å². The van der Waals surface area contributed by atoms with Crippen molar-refractivity contribution in [2.24, 2.45) is 29.1 Å². The van der Waals surface area contributed by atoms with Crippen molar-refractivity contribution in [3.05, 3.63) is 70.3 Å². The van der Waals surface area contributed by atoms with Gasteiger partial charge < -0.3 is 46.8 Å². The number of nitrogens with one attached hydrogen (secondary N) is 4. The fourth-order valence-corrected chi connectivity index (χ4v) is 10.5. The molecule has 0 unspecified atom stereocenters. The van der Waals surface area contributed by atoms with Crippen molar-refractivity contribution in [1.82, 2.24) is 10.6 Å². The highest BCUT2D eigenvalue weighted by molar-refractivity contribution is 6.33. The topological polar surface area (TPSA) is 200 Å². The molecule has 3 saturated carbocycles. The summed E-state index contributed by atoms with van der Waals surface area (Å²) in [5.41, 5.74) is 2.16. The summed E-state index contributed by atoms with van der Waals surface area (Å²) in [5, 5.41) is 61.7. The van der Waals surface area contributed by atoms with E-state index >= 15 is 0 Å². The van der Waals surface area contributed by atoms with Crippen LogP contribution in [0, 0.1) is 41.4 Å². The third kappa shape index (κ3) is 8.54. The van der Waals surface area contributed by atoms with E-state index < -0.39 is 17.2 Å². The van der Waals surface area contributed by atoms with Crippen molar-refractivity contribution in [2.45, 2.75) is 63.9 Å². The van der Waals surface area contributed by atoms with Crippen LogP contribution in [-0.4, -0.2) is 101 Å². The summed E-state index contributed by atoms with van der Waals surface area (Å²) in [7, 11) is 0. The Bertz CT molecular complexity index is 1870. The van der Waals surface area contributed by atoms with Gasteiger partial charge in [0.2, 0.25) is 11.6 Å². The summed E-state index contributed by atoms with van der Waals surface area (Å²) >= 11 is 0. The van der Waals surface area contributed by atoms with Crippen LogP contribution in [0.3, 0.4) is 0 Å². The molecule has 0 spiro atoms. The molecule has 0 aliphatic heterocycles. The number of rotatable bonds is 13. The fraction of sp³-hybridized carbons (Fsp3) is 0.523. The maximum Gasteiger partial charge on any atom is 0.200 e. The first-order valence-corrected chi connectivity index (χ1v) is 20.0. The number of benzene rings is 2. The minimum atomic E-state index is -0.973. The minimum Gasteiger partial charge on any atom is -0.507 e. The van der Waals surface area contributed by atoms with Gasteiger partial charge in [0.25, 0.3) is 0 Å². The molecule has 2 aromatic carbocycles. The van der Waals surface area contributed by atoms with Crippen LogP contribution in [0.4, 0.5) is 11.4 Å². The van der Waals surface area contributed by atoms with Gasteiger partial charge in [-0.1, -0.05) is 30.6 Å². The summed E-state index contributed by atoms with van der Waals surface area (Å²) in [6.07, 6.45) is 15.1. The lowest BCUT2D eigenvalue weighted by Crippen LogP contribution is -2.54. The maximum absolute atomic E-state index is 13.4. The molecule has 58 heavy (non-hydrogen) atoms. The normalized spacial score (nSPS) is 26.4. The zero-order valence-corrected chi connectivity index (χ0v) is 34.7. The number of aliphatic hydroxyl groups excluding tert-OH is 2. The molecule has 0 bridgehead atoms. The molecule has 0 saturated heterocycles. The van der Waals surface area contributed by atoms with Crippen LogP contribution in [-0.2, 0) is 4.79 Å². The van der Waals surface area contributed by atoms with Crippen molar-refractivity contribution >= 4 is 53.5 Å². The lowest BCUT2D eigenvalue weighted by molar-refractivity contribution is -0.116. The second kappa shape index (κ2) is 19.9. The number of carbonyl (C=O) groups is 3. The largest absolute Gasteiger partial charge is 0.507 e. The molecule has 0 heterocycles. The van der Waals surface area contributed by atoms with Gasteiger partial charge >= 0.3 is 0 Å². The number of phenols is 2. The van der Waals surface area contributed by atoms with Crippen molar-refractivity contribution in [3.63, 3.8) is 0 Å². The standard InChI is InChI=1S/C22H28N4O6.C22H28O2.2ClH/c27-11-9-23-5-7-25-13-1-2-14(26-8-6-24-10-12-28)18-17(13)21(31)19-15(29)3-4-16(30)20(19)22(18)32;1-4-21-13-14(3)20-17-9-7-16(23)12-15(17)6-8-18(20)19(21)10-11-22(21,24)5-2;;/h1-4,23-30H,5-12H2;2,12,17-20,24H,3-4,6-11,13H2,1H3;2*1H/t;17-,18-,19-,20+,21-,22-;;/m.0../s1. The monoisotopic (exact) mass is 840 g/mol. The number of terminal acetylenes is 1. The number of hydrogen-bond acceptors (Lipinski definition) is 12. The second-order valence-electron chi connectivity index (χ2n) is 15.8. The van der Waals surface area contributed by atoms with E-state index in [4.69, 9.17) is 16.6 Å². The Morgan fingerprint density at radius 1 is 0.793 bits per heavy atom. The Morgan fingerprint density at radius 3 is 1.84 bits per heavy atom. The summed E-state index contributed by atoms with van der Waals surface area (Å²) in [5.74, 6) is 3.27. The van der Waals surface area contributed by atoms with Gasteiger partial charge in [0.05, 0.1) is 35.5 Å². The smallest absolute Gasteiger partial charge is 0.200 e. The molecule has 3 fully saturated rings. The Labute approximate surface area is 353 Å². The van der Waals surface area contributed by atoms with E-state index in [0.717, 1.165) is 44.9 Å². The van der Waals surface area contributed by atoms with Crippen LogP contribution in [0.25, 0.3) is 0 Å². The molecule has 14 heteroatoms. The predicted octanol–water partition coefficient (Wildman–Crippen LogP) is 4.75. The Morgan fingerprint density at radius 2 is 1.34 bits per heavy atom. The van der Waals surface area contributed by atoms with E-state index in [-0.39, 0.29) is 77.2 Å². The molecule has 9 N–H and O–H groups in total. The number of anilines is 2. The van der Waals surface area contributed by atoms with E-state index in [1.54, 1.807) is 12.1 Å². The summed E-state index contributed by atoms with van der Waals surface area (Å²) in [6, 6.07) is 5.74. The number of hydrogen-bond donors (Lipinski definition) is 9. The maximum atomic E-state index is 13.4. The first-order chi connectivity index (χ1) is 27.0. The van der Waals surface area contributed by atoms with Gasteiger partial charge in [0, 0.05) is 62.5 Å². The first kappa shape index (κ1) is 46.8. The van der Waals surface area contributed by atoms with Gasteiger partial charge in [0.15, 0.2) is 5.78 Å². The lowest BCUT2D eigenvalue weighted by Gasteiger charge is -2.56. The summed E-state index contributed by atoms with van der Waals surface area (Å²) < 4.78 is 0. The highest BCUT2D eigenvalue weighted by Crippen LogP contribution is 2.67. The number of ketones is 3. The molecule has 2 aromatic rings. The SMILES string of the molecule is C#C[C@]1(O)CC[C@H]2[C@@H]3CCC4=CC(=O)CC[C@@H]4[C@H]3C(=C)C[C@@]21CC.Cl.Cl.O=C1c2c(O)ccc(O)c2C(=O)c2c(NCCNCCO)ccc(NCCNCCO)c21. The van der Waals surface area contributed by atoms with E-state index in [1.165, 1.54) is 23.3 Å².